The largest absolute Gasteiger partial charge is 0.481 e. The predicted octanol–water partition coefficient (Wildman–Crippen LogP) is 2.12. The summed E-state index contributed by atoms with van der Waals surface area (Å²) in [6, 6.07) is 0. The van der Waals surface area contributed by atoms with Gasteiger partial charge in [0.15, 0.2) is 0 Å². The van der Waals surface area contributed by atoms with Gasteiger partial charge in [-0.25, -0.2) is 0 Å². The molecule has 19 heavy (non-hydrogen) atoms. The molecule has 5 heteroatoms. The summed E-state index contributed by atoms with van der Waals surface area (Å²) >= 11 is 1.98. The van der Waals surface area contributed by atoms with Crippen LogP contribution >= 0.6 is 11.8 Å². The van der Waals surface area contributed by atoms with Gasteiger partial charge in [0, 0.05) is 6.61 Å². The smallest absolute Gasteiger partial charge is 0.306 e. The Kier molecular flexibility index (Phi) is 5.54. The van der Waals surface area contributed by atoms with Gasteiger partial charge in [-0.2, -0.15) is 11.8 Å². The van der Waals surface area contributed by atoms with Crippen molar-refractivity contribution in [2.75, 3.05) is 24.7 Å². The molecule has 0 aromatic heterocycles. The Balaban J connectivity index is 1.99. The zero-order valence-corrected chi connectivity index (χ0v) is 12.3. The minimum Gasteiger partial charge on any atom is -0.481 e. The van der Waals surface area contributed by atoms with Crippen LogP contribution in [0.1, 0.15) is 38.5 Å². The first kappa shape index (κ1) is 15.1. The third kappa shape index (κ3) is 3.86. The zero-order valence-electron chi connectivity index (χ0n) is 11.5. The summed E-state index contributed by atoms with van der Waals surface area (Å²) in [5.74, 6) is 1.67. The quantitative estimate of drug-likeness (QED) is 0.810. The first-order valence-electron chi connectivity index (χ1n) is 7.31. The van der Waals surface area contributed by atoms with Crippen molar-refractivity contribution in [3.63, 3.8) is 0 Å². The molecule has 2 fully saturated rings. The van der Waals surface area contributed by atoms with Crippen molar-refractivity contribution >= 4 is 17.7 Å². The van der Waals surface area contributed by atoms with Gasteiger partial charge in [-0.15, -0.1) is 0 Å². The van der Waals surface area contributed by atoms with E-state index in [1.807, 2.05) is 11.8 Å². The van der Waals surface area contributed by atoms with Crippen LogP contribution in [0.2, 0.25) is 0 Å². The van der Waals surface area contributed by atoms with Crippen LogP contribution in [0, 0.1) is 11.8 Å². The molecule has 0 amide bonds. The standard InChI is InChI=1S/C14H25NO3S/c15-6-1-2-12(13(16)17)11-3-7-18-14(10-11)4-8-19-9-5-14/h11-12H,1-10,15H2,(H,16,17). The molecule has 0 aromatic rings. The number of ether oxygens (including phenoxy) is 1. The van der Waals surface area contributed by atoms with Crippen molar-refractivity contribution in [1.29, 1.82) is 0 Å². The van der Waals surface area contributed by atoms with Gasteiger partial charge in [-0.05, 0) is 62.5 Å². The maximum atomic E-state index is 11.5. The van der Waals surface area contributed by atoms with E-state index in [1.165, 1.54) is 0 Å². The normalized spacial score (nSPS) is 28.2. The number of rotatable bonds is 5. The molecule has 0 aliphatic carbocycles. The van der Waals surface area contributed by atoms with Crippen LogP contribution < -0.4 is 5.73 Å². The molecule has 2 rings (SSSR count). The molecule has 4 nitrogen and oxygen atoms in total. The lowest BCUT2D eigenvalue weighted by Gasteiger charge is -2.44. The fraction of sp³-hybridized carbons (Fsp3) is 0.929. The van der Waals surface area contributed by atoms with E-state index in [1.54, 1.807) is 0 Å². The lowest BCUT2D eigenvalue weighted by Crippen LogP contribution is -2.45. The van der Waals surface area contributed by atoms with Gasteiger partial charge in [0.2, 0.25) is 0 Å². The van der Waals surface area contributed by atoms with Gasteiger partial charge in [-0.3, -0.25) is 4.79 Å². The molecule has 2 atom stereocenters. The number of carboxylic acid groups (broad SMARTS) is 1. The highest BCUT2D eigenvalue weighted by Gasteiger charge is 2.42. The summed E-state index contributed by atoms with van der Waals surface area (Å²) in [7, 11) is 0. The first-order chi connectivity index (χ1) is 9.17. The van der Waals surface area contributed by atoms with Gasteiger partial charge in [-0.1, -0.05) is 0 Å². The number of hydrogen-bond donors (Lipinski definition) is 2. The summed E-state index contributed by atoms with van der Waals surface area (Å²) in [5.41, 5.74) is 5.50. The van der Waals surface area contributed by atoms with Crippen LogP contribution in [-0.2, 0) is 9.53 Å². The average Bonchev–Trinajstić information content (AvgIpc) is 2.40. The van der Waals surface area contributed by atoms with Gasteiger partial charge < -0.3 is 15.6 Å². The number of hydrogen-bond acceptors (Lipinski definition) is 4. The maximum Gasteiger partial charge on any atom is 0.306 e. The monoisotopic (exact) mass is 287 g/mol. The molecule has 2 aliphatic heterocycles. The van der Waals surface area contributed by atoms with Gasteiger partial charge >= 0.3 is 5.97 Å². The third-order valence-electron chi connectivity index (χ3n) is 4.54. The summed E-state index contributed by atoms with van der Waals surface area (Å²) in [6.45, 7) is 1.30. The van der Waals surface area contributed by atoms with E-state index in [4.69, 9.17) is 10.5 Å². The topological polar surface area (TPSA) is 72.6 Å². The minimum atomic E-state index is -0.652. The average molecular weight is 287 g/mol. The van der Waals surface area contributed by atoms with Crippen molar-refractivity contribution in [1.82, 2.24) is 0 Å². The van der Waals surface area contributed by atoms with E-state index in [2.05, 4.69) is 0 Å². The van der Waals surface area contributed by atoms with Gasteiger partial charge in [0.05, 0.1) is 11.5 Å². The van der Waals surface area contributed by atoms with Crippen LogP contribution in [0.15, 0.2) is 0 Å². The molecular formula is C14H25NO3S. The number of carboxylic acids is 1. The van der Waals surface area contributed by atoms with Gasteiger partial charge in [0.1, 0.15) is 0 Å². The lowest BCUT2D eigenvalue weighted by molar-refractivity contribution is -0.151. The van der Waals surface area contributed by atoms with Crippen LogP contribution in [0.5, 0.6) is 0 Å². The highest BCUT2D eigenvalue weighted by atomic mass is 32.2. The van der Waals surface area contributed by atoms with Crippen molar-refractivity contribution < 1.29 is 14.6 Å². The van der Waals surface area contributed by atoms with E-state index in [0.717, 1.165) is 50.2 Å². The second-order valence-electron chi connectivity index (χ2n) is 5.77. The molecular weight excluding hydrogens is 262 g/mol. The maximum absolute atomic E-state index is 11.5. The molecule has 0 aromatic carbocycles. The summed E-state index contributed by atoms with van der Waals surface area (Å²) in [4.78, 5) is 11.5. The second kappa shape index (κ2) is 6.95. The Morgan fingerprint density at radius 2 is 2.21 bits per heavy atom. The highest BCUT2D eigenvalue weighted by Crippen LogP contribution is 2.42. The SMILES string of the molecule is NCCCC(C(=O)O)C1CCOC2(CCSCC2)C1. The Hall–Kier alpha value is -0.260. The third-order valence-corrected chi connectivity index (χ3v) is 5.53. The molecule has 3 N–H and O–H groups in total. The second-order valence-corrected chi connectivity index (χ2v) is 7.00. The van der Waals surface area contributed by atoms with Crippen LogP contribution in [0.25, 0.3) is 0 Å². The molecule has 110 valence electrons. The van der Waals surface area contributed by atoms with E-state index in [-0.39, 0.29) is 17.4 Å². The van der Waals surface area contributed by atoms with Crippen LogP contribution in [0.3, 0.4) is 0 Å². The van der Waals surface area contributed by atoms with E-state index >= 15 is 0 Å². The van der Waals surface area contributed by atoms with Crippen LogP contribution in [-0.4, -0.2) is 41.3 Å². The lowest BCUT2D eigenvalue weighted by atomic mass is 9.74. The van der Waals surface area contributed by atoms with Crippen molar-refractivity contribution in [3.8, 4) is 0 Å². The molecule has 1 spiro atoms. The minimum absolute atomic E-state index is 0.0232. The molecule has 2 aliphatic rings. The van der Waals surface area contributed by atoms with Gasteiger partial charge in [0.25, 0.3) is 0 Å². The Bertz CT molecular complexity index is 300. The summed E-state index contributed by atoms with van der Waals surface area (Å²) < 4.78 is 6.04. The van der Waals surface area contributed by atoms with Crippen molar-refractivity contribution in [2.45, 2.75) is 44.1 Å². The van der Waals surface area contributed by atoms with Crippen molar-refractivity contribution in [2.24, 2.45) is 17.6 Å². The molecule has 0 radical (unpaired) electrons. The fourth-order valence-electron chi connectivity index (χ4n) is 3.40. The Morgan fingerprint density at radius 3 is 2.84 bits per heavy atom. The number of aliphatic carboxylic acids is 1. The number of nitrogens with two attached hydrogens (primary N) is 1. The molecule has 0 bridgehead atoms. The van der Waals surface area contributed by atoms with E-state index in [9.17, 15) is 9.90 Å². The fourth-order valence-corrected chi connectivity index (χ4v) is 4.64. The Labute approximate surface area is 119 Å². The molecule has 2 heterocycles. The highest BCUT2D eigenvalue weighted by molar-refractivity contribution is 7.99. The van der Waals surface area contributed by atoms with Crippen LogP contribution in [0.4, 0.5) is 0 Å². The zero-order chi connectivity index (χ0) is 13.7. The molecule has 2 saturated heterocycles. The summed E-state index contributed by atoms with van der Waals surface area (Å²) in [6.07, 6.45) is 5.48. The Morgan fingerprint density at radius 1 is 1.47 bits per heavy atom. The predicted molar refractivity (Wildman–Crippen MR) is 77.4 cm³/mol. The van der Waals surface area contributed by atoms with Crippen molar-refractivity contribution in [3.05, 3.63) is 0 Å². The molecule has 2 unspecified atom stereocenters. The van der Waals surface area contributed by atoms with E-state index in [0.29, 0.717) is 13.0 Å². The molecule has 0 saturated carbocycles. The van der Waals surface area contributed by atoms with E-state index < -0.39 is 5.97 Å². The first-order valence-corrected chi connectivity index (χ1v) is 8.47. The summed E-state index contributed by atoms with van der Waals surface area (Å²) in [5, 5.41) is 9.45. The number of carbonyl (C=O) groups is 1. The number of thioether (sulfide) groups is 1.